The van der Waals surface area contributed by atoms with E-state index in [9.17, 15) is 22.8 Å². The average molecular weight is 285 g/mol. The molecule has 0 aromatic rings. The smallest absolute Gasteiger partial charge is 0.411 e. The van der Waals surface area contributed by atoms with E-state index < -0.39 is 30.2 Å². The van der Waals surface area contributed by atoms with Crippen LogP contribution in [-0.2, 0) is 14.3 Å². The van der Waals surface area contributed by atoms with E-state index in [4.69, 9.17) is 5.11 Å². The molecule has 0 aliphatic heterocycles. The largest absolute Gasteiger partial charge is 0.481 e. The molecule has 0 atom stereocenters. The summed E-state index contributed by atoms with van der Waals surface area (Å²) in [6.07, 6.45) is -4.47. The van der Waals surface area contributed by atoms with Crippen LogP contribution in [0.3, 0.4) is 0 Å². The van der Waals surface area contributed by atoms with E-state index >= 15 is 0 Å². The molecule has 19 heavy (non-hydrogen) atoms. The van der Waals surface area contributed by atoms with Gasteiger partial charge in [-0.25, -0.2) is 0 Å². The van der Waals surface area contributed by atoms with Crippen molar-refractivity contribution in [2.24, 2.45) is 0 Å². The second-order valence-corrected chi connectivity index (χ2v) is 4.74. The summed E-state index contributed by atoms with van der Waals surface area (Å²) in [6, 6.07) is 0. The second kappa shape index (κ2) is 7.32. The molecule has 1 amide bonds. The molecule has 5 nitrogen and oxygen atoms in total. The Morgan fingerprint density at radius 2 is 1.79 bits per heavy atom. The maximum Gasteiger partial charge on any atom is 0.411 e. The molecule has 0 aromatic heterocycles. The molecule has 0 aliphatic rings. The quantitative estimate of drug-likeness (QED) is 0.666. The summed E-state index contributed by atoms with van der Waals surface area (Å²) in [5.41, 5.74) is -0.723. The Morgan fingerprint density at radius 1 is 1.21 bits per heavy atom. The minimum atomic E-state index is -4.41. The van der Waals surface area contributed by atoms with Gasteiger partial charge in [-0.15, -0.1) is 0 Å². The van der Waals surface area contributed by atoms with E-state index in [0.717, 1.165) is 0 Å². The van der Waals surface area contributed by atoms with Crippen LogP contribution in [0.2, 0.25) is 0 Å². The van der Waals surface area contributed by atoms with Gasteiger partial charge in [-0.3, -0.25) is 9.59 Å². The van der Waals surface area contributed by atoms with E-state index in [2.05, 4.69) is 10.1 Å². The van der Waals surface area contributed by atoms with Gasteiger partial charge in [0.25, 0.3) is 0 Å². The maximum absolute atomic E-state index is 11.7. The fourth-order valence-corrected chi connectivity index (χ4v) is 1.27. The van der Waals surface area contributed by atoms with Crippen LogP contribution in [-0.4, -0.2) is 41.9 Å². The van der Waals surface area contributed by atoms with Gasteiger partial charge in [-0.2, -0.15) is 13.2 Å². The number of ether oxygens (including phenoxy) is 1. The Balaban J connectivity index is 3.87. The molecule has 8 heteroatoms. The summed E-state index contributed by atoms with van der Waals surface area (Å²) >= 11 is 0. The number of carboxylic acids is 1. The van der Waals surface area contributed by atoms with E-state index in [1.165, 1.54) is 0 Å². The molecule has 0 heterocycles. The number of amides is 1. The lowest BCUT2D eigenvalue weighted by Gasteiger charge is -2.25. The number of carboxylic acid groups (broad SMARTS) is 1. The van der Waals surface area contributed by atoms with Gasteiger partial charge in [-0.05, 0) is 20.3 Å². The Bertz CT molecular complexity index is 316. The third-order valence-corrected chi connectivity index (χ3v) is 2.18. The topological polar surface area (TPSA) is 75.6 Å². The number of aliphatic carboxylic acids is 1. The number of alkyl halides is 3. The summed E-state index contributed by atoms with van der Waals surface area (Å²) in [6.45, 7) is 1.57. The summed E-state index contributed by atoms with van der Waals surface area (Å²) in [5.74, 6) is -1.45. The Kier molecular flexibility index (Phi) is 6.82. The van der Waals surface area contributed by atoms with Gasteiger partial charge in [0.2, 0.25) is 5.91 Å². The molecule has 0 unspecified atom stereocenters. The Morgan fingerprint density at radius 3 is 2.26 bits per heavy atom. The maximum atomic E-state index is 11.7. The lowest BCUT2D eigenvalue weighted by atomic mass is 9.98. The molecule has 0 radical (unpaired) electrons. The number of nitrogens with one attached hydrogen (secondary N) is 1. The molecular weight excluding hydrogens is 267 g/mol. The number of rotatable bonds is 8. The van der Waals surface area contributed by atoms with Crippen LogP contribution >= 0.6 is 0 Å². The van der Waals surface area contributed by atoms with Crippen LogP contribution in [0.4, 0.5) is 13.2 Å². The standard InChI is InChI=1S/C11H18F3NO4/c1-10(2,5-3-9(17)18)15-8(16)4-6-19-7-11(12,13)14/h3-7H2,1-2H3,(H,15,16)(H,17,18). The zero-order chi connectivity index (χ0) is 15.1. The third-order valence-electron chi connectivity index (χ3n) is 2.18. The molecule has 0 aromatic carbocycles. The van der Waals surface area contributed by atoms with Gasteiger partial charge in [0.1, 0.15) is 6.61 Å². The summed E-state index contributed by atoms with van der Waals surface area (Å²) in [5, 5.41) is 11.1. The molecule has 112 valence electrons. The van der Waals surface area contributed by atoms with E-state index in [-0.39, 0.29) is 25.9 Å². The van der Waals surface area contributed by atoms with E-state index in [1.54, 1.807) is 13.8 Å². The minimum Gasteiger partial charge on any atom is -0.481 e. The van der Waals surface area contributed by atoms with Crippen LogP contribution in [0, 0.1) is 0 Å². The minimum absolute atomic E-state index is 0.0994. The highest BCUT2D eigenvalue weighted by atomic mass is 19.4. The summed E-state index contributed by atoms with van der Waals surface area (Å²) in [4.78, 5) is 21.8. The first kappa shape index (κ1) is 17.7. The normalized spacial score (nSPS) is 12.3. The Labute approximate surface area is 109 Å². The molecule has 0 bridgehead atoms. The van der Waals surface area contributed by atoms with Crippen LogP contribution in [0.15, 0.2) is 0 Å². The highest BCUT2D eigenvalue weighted by molar-refractivity contribution is 5.77. The van der Waals surface area contributed by atoms with Crippen LogP contribution < -0.4 is 5.32 Å². The fraction of sp³-hybridized carbons (Fsp3) is 0.818. The van der Waals surface area contributed by atoms with Crippen molar-refractivity contribution in [3.8, 4) is 0 Å². The first-order valence-corrected chi connectivity index (χ1v) is 5.69. The van der Waals surface area contributed by atoms with Crippen LogP contribution in [0.25, 0.3) is 0 Å². The zero-order valence-electron chi connectivity index (χ0n) is 10.8. The molecule has 0 aliphatic carbocycles. The van der Waals surface area contributed by atoms with Gasteiger partial charge < -0.3 is 15.2 Å². The number of hydrogen-bond donors (Lipinski definition) is 2. The monoisotopic (exact) mass is 285 g/mol. The van der Waals surface area contributed by atoms with Crippen LogP contribution in [0.5, 0.6) is 0 Å². The molecule has 2 N–H and O–H groups in total. The summed E-state index contributed by atoms with van der Waals surface area (Å²) < 4.78 is 39.5. The van der Waals surface area contributed by atoms with Crippen molar-refractivity contribution in [2.45, 2.75) is 44.8 Å². The SMILES string of the molecule is CC(C)(CCC(=O)O)NC(=O)CCOCC(F)(F)F. The van der Waals surface area contributed by atoms with Crippen molar-refractivity contribution in [3.63, 3.8) is 0 Å². The van der Waals surface area contributed by atoms with Gasteiger partial charge in [0.15, 0.2) is 0 Å². The molecular formula is C11H18F3NO4. The van der Waals surface area contributed by atoms with Crippen molar-refractivity contribution in [1.82, 2.24) is 5.32 Å². The molecule has 0 rings (SSSR count). The lowest BCUT2D eigenvalue weighted by Crippen LogP contribution is -2.44. The van der Waals surface area contributed by atoms with Crippen molar-refractivity contribution >= 4 is 11.9 Å². The number of halogens is 3. The summed E-state index contributed by atoms with van der Waals surface area (Å²) in [7, 11) is 0. The zero-order valence-corrected chi connectivity index (χ0v) is 10.8. The highest BCUT2D eigenvalue weighted by Crippen LogP contribution is 2.14. The predicted molar refractivity (Wildman–Crippen MR) is 60.6 cm³/mol. The van der Waals surface area contributed by atoms with Crippen molar-refractivity contribution in [1.29, 1.82) is 0 Å². The number of carbonyl (C=O) groups is 2. The Hall–Kier alpha value is -1.31. The molecule has 0 saturated heterocycles. The molecule has 0 spiro atoms. The first-order valence-electron chi connectivity index (χ1n) is 5.69. The molecule has 0 fully saturated rings. The predicted octanol–water partition coefficient (Wildman–Crippen LogP) is 1.71. The van der Waals surface area contributed by atoms with Gasteiger partial charge >= 0.3 is 12.1 Å². The third kappa shape index (κ3) is 11.5. The van der Waals surface area contributed by atoms with Gasteiger partial charge in [-0.1, -0.05) is 0 Å². The molecule has 0 saturated carbocycles. The fourth-order valence-electron chi connectivity index (χ4n) is 1.27. The second-order valence-electron chi connectivity index (χ2n) is 4.74. The van der Waals surface area contributed by atoms with Crippen LogP contribution in [0.1, 0.15) is 33.1 Å². The average Bonchev–Trinajstić information content (AvgIpc) is 2.20. The van der Waals surface area contributed by atoms with Gasteiger partial charge in [0.05, 0.1) is 6.61 Å². The number of carbonyl (C=O) groups excluding carboxylic acids is 1. The van der Waals surface area contributed by atoms with Crippen molar-refractivity contribution in [3.05, 3.63) is 0 Å². The number of hydrogen-bond acceptors (Lipinski definition) is 3. The highest BCUT2D eigenvalue weighted by Gasteiger charge is 2.27. The lowest BCUT2D eigenvalue weighted by molar-refractivity contribution is -0.174. The van der Waals surface area contributed by atoms with Gasteiger partial charge in [0, 0.05) is 18.4 Å². The van der Waals surface area contributed by atoms with E-state index in [0.29, 0.717) is 0 Å². The van der Waals surface area contributed by atoms with Crippen molar-refractivity contribution < 1.29 is 32.6 Å². The van der Waals surface area contributed by atoms with Crippen molar-refractivity contribution in [2.75, 3.05) is 13.2 Å². The first-order chi connectivity index (χ1) is 8.52. The van der Waals surface area contributed by atoms with E-state index in [1.807, 2.05) is 0 Å².